The SMILES string of the molecule is COc1cccc(C(C(=O)Cl)C(C)C)c1. The third kappa shape index (κ3) is 2.96. The van der Waals surface area contributed by atoms with Crippen molar-refractivity contribution in [2.45, 2.75) is 19.8 Å². The summed E-state index contributed by atoms with van der Waals surface area (Å²) >= 11 is 5.59. The molecule has 0 aromatic heterocycles. The van der Waals surface area contributed by atoms with Crippen molar-refractivity contribution < 1.29 is 9.53 Å². The molecule has 0 bridgehead atoms. The highest BCUT2D eigenvalue weighted by Gasteiger charge is 2.22. The highest BCUT2D eigenvalue weighted by atomic mass is 35.5. The van der Waals surface area contributed by atoms with Crippen LogP contribution in [0.25, 0.3) is 0 Å². The van der Waals surface area contributed by atoms with Gasteiger partial charge in [0, 0.05) is 0 Å². The summed E-state index contributed by atoms with van der Waals surface area (Å²) in [6, 6.07) is 7.46. The number of carbonyl (C=O) groups excluding carboxylic acids is 1. The summed E-state index contributed by atoms with van der Waals surface area (Å²) in [7, 11) is 1.60. The van der Waals surface area contributed by atoms with Gasteiger partial charge in [-0.2, -0.15) is 0 Å². The predicted octanol–water partition coefficient (Wildman–Crippen LogP) is 3.20. The van der Waals surface area contributed by atoms with Gasteiger partial charge in [0.15, 0.2) is 0 Å². The molecule has 0 fully saturated rings. The molecule has 1 aromatic carbocycles. The molecule has 1 atom stereocenters. The summed E-state index contributed by atoms with van der Waals surface area (Å²) in [5, 5.41) is -0.321. The zero-order valence-electron chi connectivity index (χ0n) is 9.16. The first-order chi connectivity index (χ1) is 7.06. The average molecular weight is 227 g/mol. The summed E-state index contributed by atoms with van der Waals surface area (Å²) < 4.78 is 5.11. The first-order valence-electron chi connectivity index (χ1n) is 4.89. The fraction of sp³-hybridized carbons (Fsp3) is 0.417. The number of hydrogen-bond donors (Lipinski definition) is 0. The van der Waals surface area contributed by atoms with Crippen LogP contribution in [0.5, 0.6) is 5.75 Å². The Labute approximate surface area is 95.2 Å². The molecule has 0 amide bonds. The van der Waals surface area contributed by atoms with E-state index in [-0.39, 0.29) is 17.1 Å². The van der Waals surface area contributed by atoms with Crippen LogP contribution in [0.1, 0.15) is 25.3 Å². The maximum atomic E-state index is 11.3. The Hall–Kier alpha value is -1.02. The Morgan fingerprint density at radius 1 is 1.40 bits per heavy atom. The molecule has 0 radical (unpaired) electrons. The van der Waals surface area contributed by atoms with E-state index in [0.717, 1.165) is 11.3 Å². The van der Waals surface area contributed by atoms with E-state index in [1.807, 2.05) is 38.1 Å². The van der Waals surface area contributed by atoms with Gasteiger partial charge in [0.1, 0.15) is 5.75 Å². The van der Waals surface area contributed by atoms with Crippen molar-refractivity contribution in [2.75, 3.05) is 7.11 Å². The van der Waals surface area contributed by atoms with E-state index < -0.39 is 0 Å². The minimum atomic E-state index is -0.321. The second-order valence-electron chi connectivity index (χ2n) is 3.80. The minimum Gasteiger partial charge on any atom is -0.497 e. The summed E-state index contributed by atoms with van der Waals surface area (Å²) in [5.41, 5.74) is 0.907. The lowest BCUT2D eigenvalue weighted by molar-refractivity contribution is -0.113. The van der Waals surface area contributed by atoms with Gasteiger partial charge in [0.2, 0.25) is 5.24 Å². The first kappa shape index (κ1) is 12.1. The lowest BCUT2D eigenvalue weighted by Gasteiger charge is -2.17. The van der Waals surface area contributed by atoms with Crippen LogP contribution >= 0.6 is 11.6 Å². The fourth-order valence-electron chi connectivity index (χ4n) is 1.61. The highest BCUT2D eigenvalue weighted by molar-refractivity contribution is 6.64. The lowest BCUT2D eigenvalue weighted by atomic mass is 9.89. The molecule has 1 aromatic rings. The molecule has 82 valence electrons. The summed E-state index contributed by atoms with van der Waals surface area (Å²) in [5.74, 6) is 0.667. The van der Waals surface area contributed by atoms with Gasteiger partial charge in [0.25, 0.3) is 0 Å². The normalized spacial score (nSPS) is 12.6. The van der Waals surface area contributed by atoms with E-state index in [2.05, 4.69) is 0 Å². The fourth-order valence-corrected chi connectivity index (χ4v) is 1.99. The standard InChI is InChI=1S/C12H15ClO2/c1-8(2)11(12(13)14)9-5-4-6-10(7-9)15-3/h4-8,11H,1-3H3. The maximum absolute atomic E-state index is 11.3. The van der Waals surface area contributed by atoms with Crippen molar-refractivity contribution in [3.8, 4) is 5.75 Å². The van der Waals surface area contributed by atoms with Crippen LogP contribution in [0.3, 0.4) is 0 Å². The van der Waals surface area contributed by atoms with Gasteiger partial charge >= 0.3 is 0 Å². The Morgan fingerprint density at radius 2 is 2.07 bits per heavy atom. The number of halogens is 1. The van der Waals surface area contributed by atoms with Crippen molar-refractivity contribution in [3.63, 3.8) is 0 Å². The zero-order chi connectivity index (χ0) is 11.4. The average Bonchev–Trinajstić information content (AvgIpc) is 2.17. The van der Waals surface area contributed by atoms with Crippen LogP contribution in [-0.4, -0.2) is 12.4 Å². The quantitative estimate of drug-likeness (QED) is 0.737. The second kappa shape index (κ2) is 5.17. The number of hydrogen-bond acceptors (Lipinski definition) is 2. The monoisotopic (exact) mass is 226 g/mol. The van der Waals surface area contributed by atoms with E-state index in [0.29, 0.717) is 0 Å². The van der Waals surface area contributed by atoms with E-state index >= 15 is 0 Å². The van der Waals surface area contributed by atoms with Crippen molar-refractivity contribution in [1.29, 1.82) is 0 Å². The molecule has 0 aliphatic heterocycles. The molecule has 3 heteroatoms. The van der Waals surface area contributed by atoms with E-state index in [9.17, 15) is 4.79 Å². The van der Waals surface area contributed by atoms with Gasteiger partial charge in [-0.3, -0.25) is 4.79 Å². The van der Waals surface area contributed by atoms with Crippen LogP contribution in [0.4, 0.5) is 0 Å². The van der Waals surface area contributed by atoms with Gasteiger partial charge in [-0.05, 0) is 35.2 Å². The minimum absolute atomic E-state index is 0.183. The third-order valence-corrected chi connectivity index (χ3v) is 2.60. The molecule has 1 unspecified atom stereocenters. The summed E-state index contributed by atoms with van der Waals surface area (Å²) in [4.78, 5) is 11.3. The first-order valence-corrected chi connectivity index (χ1v) is 5.27. The van der Waals surface area contributed by atoms with Gasteiger partial charge in [-0.15, -0.1) is 0 Å². The molecule has 1 rings (SSSR count). The van der Waals surface area contributed by atoms with E-state index in [1.54, 1.807) is 7.11 Å². The zero-order valence-corrected chi connectivity index (χ0v) is 9.91. The van der Waals surface area contributed by atoms with Crippen LogP contribution in [0.15, 0.2) is 24.3 Å². The Kier molecular flexibility index (Phi) is 4.15. The Balaban J connectivity index is 3.05. The maximum Gasteiger partial charge on any atom is 0.229 e. The molecule has 0 spiro atoms. The van der Waals surface area contributed by atoms with E-state index in [1.165, 1.54) is 0 Å². The second-order valence-corrected chi connectivity index (χ2v) is 4.17. The molecule has 0 saturated carbocycles. The van der Waals surface area contributed by atoms with Crippen molar-refractivity contribution in [2.24, 2.45) is 5.92 Å². The Bertz CT molecular complexity index is 347. The largest absolute Gasteiger partial charge is 0.497 e. The molecule has 0 heterocycles. The molecule has 0 saturated heterocycles. The molecule has 15 heavy (non-hydrogen) atoms. The molecular weight excluding hydrogens is 212 g/mol. The number of ether oxygens (including phenoxy) is 1. The number of benzene rings is 1. The molecule has 0 N–H and O–H groups in total. The van der Waals surface area contributed by atoms with Crippen LogP contribution in [0, 0.1) is 5.92 Å². The molecule has 0 aliphatic rings. The highest BCUT2D eigenvalue weighted by Crippen LogP contribution is 2.29. The Morgan fingerprint density at radius 3 is 2.53 bits per heavy atom. The number of methoxy groups -OCH3 is 1. The van der Waals surface area contributed by atoms with Crippen LogP contribution < -0.4 is 4.74 Å². The predicted molar refractivity (Wildman–Crippen MR) is 61.4 cm³/mol. The molecule has 2 nitrogen and oxygen atoms in total. The smallest absolute Gasteiger partial charge is 0.229 e. The molecule has 0 aliphatic carbocycles. The van der Waals surface area contributed by atoms with Crippen molar-refractivity contribution >= 4 is 16.8 Å². The van der Waals surface area contributed by atoms with Gasteiger partial charge < -0.3 is 4.74 Å². The van der Waals surface area contributed by atoms with Crippen LogP contribution in [-0.2, 0) is 4.79 Å². The number of carbonyl (C=O) groups is 1. The third-order valence-electron chi connectivity index (χ3n) is 2.36. The lowest BCUT2D eigenvalue weighted by Crippen LogP contribution is -2.13. The van der Waals surface area contributed by atoms with Gasteiger partial charge in [0.05, 0.1) is 13.0 Å². The van der Waals surface area contributed by atoms with Gasteiger partial charge in [-0.1, -0.05) is 26.0 Å². The van der Waals surface area contributed by atoms with Gasteiger partial charge in [-0.25, -0.2) is 0 Å². The number of rotatable bonds is 4. The molecular formula is C12H15ClO2. The van der Waals surface area contributed by atoms with E-state index in [4.69, 9.17) is 16.3 Å². The summed E-state index contributed by atoms with van der Waals surface area (Å²) in [6.07, 6.45) is 0. The van der Waals surface area contributed by atoms with Crippen molar-refractivity contribution in [3.05, 3.63) is 29.8 Å². The topological polar surface area (TPSA) is 26.3 Å². The summed E-state index contributed by atoms with van der Waals surface area (Å²) in [6.45, 7) is 3.95. The van der Waals surface area contributed by atoms with Crippen LogP contribution in [0.2, 0.25) is 0 Å². The van der Waals surface area contributed by atoms with Crippen molar-refractivity contribution in [1.82, 2.24) is 0 Å².